The van der Waals surface area contributed by atoms with E-state index in [0.29, 0.717) is 39.2 Å². The summed E-state index contributed by atoms with van der Waals surface area (Å²) in [6.07, 6.45) is -0.690. The Hall–Kier alpha value is -3.23. The van der Waals surface area contributed by atoms with Crippen LogP contribution < -0.4 is 10.3 Å². The smallest absolute Gasteiger partial charge is 0.410 e. The first-order chi connectivity index (χ1) is 14.0. The predicted molar refractivity (Wildman–Crippen MR) is 104 cm³/mol. The lowest BCUT2D eigenvalue weighted by Gasteiger charge is -2.34. The number of nitrogens with one attached hydrogen (secondary N) is 1. The van der Waals surface area contributed by atoms with E-state index in [2.05, 4.69) is 4.98 Å². The molecule has 1 saturated heterocycles. The van der Waals surface area contributed by atoms with Gasteiger partial charge in [0.1, 0.15) is 18.5 Å². The van der Waals surface area contributed by atoms with Crippen LogP contribution >= 0.6 is 0 Å². The number of aromatic nitrogens is 1. The molecular weight excluding hydrogens is 378 g/mol. The average molecular weight is 401 g/mol. The molecule has 0 aliphatic carbocycles. The van der Waals surface area contributed by atoms with Crippen LogP contribution in [0.15, 0.2) is 29.1 Å². The van der Waals surface area contributed by atoms with E-state index in [0.717, 1.165) is 22.2 Å². The summed E-state index contributed by atoms with van der Waals surface area (Å²) < 4.78 is 16.4. The number of carbonyl (C=O) groups excluding carboxylic acids is 2. The van der Waals surface area contributed by atoms with Crippen molar-refractivity contribution >= 4 is 23.1 Å². The first-order valence-corrected chi connectivity index (χ1v) is 9.70. The molecule has 0 saturated carbocycles. The number of ether oxygens (including phenoxy) is 3. The maximum absolute atomic E-state index is 12.6. The van der Waals surface area contributed by atoms with E-state index in [1.165, 1.54) is 6.07 Å². The number of amides is 2. The van der Waals surface area contributed by atoms with Crippen LogP contribution in [0.1, 0.15) is 12.5 Å². The Morgan fingerprint density at radius 1 is 1.10 bits per heavy atom. The summed E-state index contributed by atoms with van der Waals surface area (Å²) >= 11 is 0. The summed E-state index contributed by atoms with van der Waals surface area (Å²) in [5.74, 6) is 0.736. The molecule has 1 N–H and O–H groups in total. The Morgan fingerprint density at radius 3 is 2.55 bits per heavy atom. The van der Waals surface area contributed by atoms with E-state index in [1.54, 1.807) is 22.8 Å². The minimum Gasteiger partial charge on any atom is -0.489 e. The van der Waals surface area contributed by atoms with Gasteiger partial charge in [0.2, 0.25) is 5.56 Å². The Balaban J connectivity index is 1.39. The molecule has 29 heavy (non-hydrogen) atoms. The highest BCUT2D eigenvalue weighted by atomic mass is 16.6. The summed E-state index contributed by atoms with van der Waals surface area (Å²) in [5, 5.41) is 0.880. The quantitative estimate of drug-likeness (QED) is 0.823. The van der Waals surface area contributed by atoms with Gasteiger partial charge in [0.15, 0.2) is 0 Å². The molecule has 3 heterocycles. The molecule has 0 radical (unpaired) electrons. The van der Waals surface area contributed by atoms with Gasteiger partial charge in [0.05, 0.1) is 6.61 Å². The van der Waals surface area contributed by atoms with E-state index in [1.807, 2.05) is 12.1 Å². The second kappa shape index (κ2) is 8.02. The predicted octanol–water partition coefficient (Wildman–Crippen LogP) is 1.74. The van der Waals surface area contributed by atoms with Crippen LogP contribution in [0.25, 0.3) is 10.9 Å². The number of hydrogen-bond donors (Lipinski definition) is 1. The van der Waals surface area contributed by atoms with Crippen LogP contribution in [0, 0.1) is 0 Å². The van der Waals surface area contributed by atoms with Crippen LogP contribution in [-0.4, -0.2) is 72.5 Å². The maximum Gasteiger partial charge on any atom is 0.410 e. The lowest BCUT2D eigenvalue weighted by atomic mass is 9.99. The summed E-state index contributed by atoms with van der Waals surface area (Å²) in [6, 6.07) is 6.86. The number of pyridine rings is 1. The van der Waals surface area contributed by atoms with Crippen molar-refractivity contribution < 1.29 is 23.8 Å². The highest BCUT2D eigenvalue weighted by Gasteiger charge is 2.30. The summed E-state index contributed by atoms with van der Waals surface area (Å²) in [7, 11) is 0. The third-order valence-corrected chi connectivity index (χ3v) is 5.16. The number of H-pyrrole nitrogens is 1. The molecule has 4 rings (SSSR count). The first-order valence-electron chi connectivity index (χ1n) is 9.70. The van der Waals surface area contributed by atoms with Gasteiger partial charge >= 0.3 is 12.2 Å². The third kappa shape index (κ3) is 3.98. The molecule has 2 aromatic rings. The molecule has 1 aromatic heterocycles. The zero-order chi connectivity index (χ0) is 20.4. The number of aromatic amines is 1. The largest absolute Gasteiger partial charge is 0.489 e. The number of hydrogen-bond acceptors (Lipinski definition) is 6. The minimum atomic E-state index is -0.421. The van der Waals surface area contributed by atoms with E-state index in [-0.39, 0.29) is 18.3 Å². The van der Waals surface area contributed by atoms with Crippen molar-refractivity contribution in [3.8, 4) is 5.75 Å². The summed E-state index contributed by atoms with van der Waals surface area (Å²) in [5.41, 5.74) is 1.47. The van der Waals surface area contributed by atoms with Crippen molar-refractivity contribution in [3.05, 3.63) is 40.2 Å². The molecule has 2 aliphatic heterocycles. The lowest BCUT2D eigenvalue weighted by Crippen LogP contribution is -2.51. The second-order valence-corrected chi connectivity index (χ2v) is 7.02. The van der Waals surface area contributed by atoms with Gasteiger partial charge in [-0.2, -0.15) is 0 Å². The zero-order valence-electron chi connectivity index (χ0n) is 16.2. The fourth-order valence-electron chi connectivity index (χ4n) is 3.67. The molecule has 1 aromatic carbocycles. The van der Waals surface area contributed by atoms with Crippen LogP contribution in [-0.2, 0) is 15.9 Å². The Morgan fingerprint density at radius 2 is 1.83 bits per heavy atom. The van der Waals surface area contributed by atoms with Crippen LogP contribution in [0.3, 0.4) is 0 Å². The van der Waals surface area contributed by atoms with Crippen molar-refractivity contribution in [1.82, 2.24) is 14.8 Å². The van der Waals surface area contributed by atoms with Crippen molar-refractivity contribution in [2.75, 3.05) is 39.4 Å². The SMILES string of the molecule is CCOC(=O)N1CCN(C(=O)OC2COc3ccc4[nH]c(=O)ccc4c3C2)CC1. The Labute approximate surface area is 167 Å². The van der Waals surface area contributed by atoms with Gasteiger partial charge in [-0.05, 0) is 25.1 Å². The van der Waals surface area contributed by atoms with Crippen molar-refractivity contribution in [2.24, 2.45) is 0 Å². The number of piperazine rings is 1. The summed E-state index contributed by atoms with van der Waals surface area (Å²) in [4.78, 5) is 41.8. The molecule has 9 nitrogen and oxygen atoms in total. The topological polar surface area (TPSA) is 101 Å². The number of carbonyl (C=O) groups is 2. The van der Waals surface area contributed by atoms with Crippen LogP contribution in [0.4, 0.5) is 9.59 Å². The fourth-order valence-corrected chi connectivity index (χ4v) is 3.67. The number of nitrogens with zero attached hydrogens (tertiary/aromatic N) is 2. The van der Waals surface area contributed by atoms with Crippen molar-refractivity contribution in [1.29, 1.82) is 0 Å². The fraction of sp³-hybridized carbons (Fsp3) is 0.450. The molecule has 9 heteroatoms. The minimum absolute atomic E-state index is 0.167. The molecular formula is C20H23N3O6. The van der Waals surface area contributed by atoms with Gasteiger partial charge in [0, 0.05) is 55.1 Å². The van der Waals surface area contributed by atoms with E-state index in [4.69, 9.17) is 14.2 Å². The lowest BCUT2D eigenvalue weighted by molar-refractivity contribution is 0.0205. The van der Waals surface area contributed by atoms with Crippen LogP contribution in [0.2, 0.25) is 0 Å². The van der Waals surface area contributed by atoms with Gasteiger partial charge in [-0.15, -0.1) is 0 Å². The second-order valence-electron chi connectivity index (χ2n) is 7.02. The normalized spacial score (nSPS) is 18.7. The van der Waals surface area contributed by atoms with Gasteiger partial charge < -0.3 is 29.0 Å². The van der Waals surface area contributed by atoms with E-state index < -0.39 is 12.2 Å². The first kappa shape index (κ1) is 19.1. The summed E-state index contributed by atoms with van der Waals surface area (Å²) in [6.45, 7) is 3.98. The molecule has 1 fully saturated rings. The molecule has 0 spiro atoms. The Kier molecular flexibility index (Phi) is 5.28. The standard InChI is InChI=1S/C20H23N3O6/c1-2-27-19(25)22-7-9-23(10-8-22)20(26)29-13-11-15-14-3-6-18(24)21-16(14)4-5-17(15)28-12-13/h3-6,13H,2,7-12H2,1H3,(H,21,24). The number of benzene rings is 1. The number of fused-ring (bicyclic) bond motifs is 3. The maximum atomic E-state index is 12.6. The third-order valence-electron chi connectivity index (χ3n) is 5.16. The highest BCUT2D eigenvalue weighted by molar-refractivity contribution is 5.84. The monoisotopic (exact) mass is 401 g/mol. The molecule has 1 unspecified atom stereocenters. The molecule has 2 amide bonds. The van der Waals surface area contributed by atoms with Crippen molar-refractivity contribution in [2.45, 2.75) is 19.4 Å². The highest BCUT2D eigenvalue weighted by Crippen LogP contribution is 2.31. The Bertz CT molecular complexity index is 980. The molecule has 2 aliphatic rings. The van der Waals surface area contributed by atoms with E-state index >= 15 is 0 Å². The van der Waals surface area contributed by atoms with Crippen molar-refractivity contribution in [3.63, 3.8) is 0 Å². The van der Waals surface area contributed by atoms with Crippen LogP contribution in [0.5, 0.6) is 5.75 Å². The molecule has 0 bridgehead atoms. The van der Waals surface area contributed by atoms with Gasteiger partial charge in [0.25, 0.3) is 0 Å². The van der Waals surface area contributed by atoms with E-state index in [9.17, 15) is 14.4 Å². The average Bonchev–Trinajstić information content (AvgIpc) is 2.73. The molecule has 1 atom stereocenters. The van der Waals surface area contributed by atoms with Gasteiger partial charge in [-0.25, -0.2) is 9.59 Å². The van der Waals surface area contributed by atoms with Gasteiger partial charge in [-0.1, -0.05) is 0 Å². The number of rotatable bonds is 2. The van der Waals surface area contributed by atoms with Gasteiger partial charge in [-0.3, -0.25) is 4.79 Å². The molecule has 154 valence electrons. The zero-order valence-corrected chi connectivity index (χ0v) is 16.2.